The van der Waals surface area contributed by atoms with Gasteiger partial charge in [-0.3, -0.25) is 9.59 Å². The van der Waals surface area contributed by atoms with Gasteiger partial charge in [0.25, 0.3) is 5.91 Å². The van der Waals surface area contributed by atoms with Gasteiger partial charge in [0.15, 0.2) is 0 Å². The number of likely N-dealkylation sites (tertiary alicyclic amines) is 1. The lowest BCUT2D eigenvalue weighted by molar-refractivity contribution is -0.132. The Balaban J connectivity index is 1.60. The third-order valence-electron chi connectivity index (χ3n) is 5.81. The first-order valence-corrected chi connectivity index (χ1v) is 10.1. The number of fused-ring (bicyclic) bond motifs is 1. The number of halogens is 1. The van der Waals surface area contributed by atoms with Gasteiger partial charge in [0, 0.05) is 25.2 Å². The first-order chi connectivity index (χ1) is 13.6. The van der Waals surface area contributed by atoms with Crippen molar-refractivity contribution in [2.45, 2.75) is 44.7 Å². The fourth-order valence-electron chi connectivity index (χ4n) is 4.24. The Kier molecular flexibility index (Phi) is 5.42. The van der Waals surface area contributed by atoms with E-state index in [1.807, 2.05) is 29.2 Å². The predicted molar refractivity (Wildman–Crippen MR) is 105 cm³/mol. The van der Waals surface area contributed by atoms with Gasteiger partial charge < -0.3 is 9.80 Å². The molecule has 4 nitrogen and oxygen atoms in total. The lowest BCUT2D eigenvalue weighted by atomic mass is 10.0. The van der Waals surface area contributed by atoms with Crippen LogP contribution in [-0.4, -0.2) is 34.7 Å². The average Bonchev–Trinajstić information content (AvgIpc) is 2.88. The Labute approximate surface area is 164 Å². The summed E-state index contributed by atoms with van der Waals surface area (Å²) in [5, 5.41) is 0. The Morgan fingerprint density at radius 3 is 2.32 bits per heavy atom. The number of benzene rings is 2. The van der Waals surface area contributed by atoms with Crippen molar-refractivity contribution in [1.82, 2.24) is 9.80 Å². The molecule has 2 heterocycles. The standard InChI is InChI=1S/C23H25FN2O2/c24-19-11-9-17(10-12-19)21(15-22(27)25-13-5-1-2-6-14-25)26-16-18-7-3-4-8-20(18)23(26)28/h3-4,7-12,21H,1-2,5-6,13-16H2/t21-/m1/s1. The largest absolute Gasteiger partial charge is 0.343 e. The summed E-state index contributed by atoms with van der Waals surface area (Å²) < 4.78 is 13.5. The average molecular weight is 380 g/mol. The van der Waals surface area contributed by atoms with Crippen molar-refractivity contribution in [2.24, 2.45) is 0 Å². The zero-order valence-corrected chi connectivity index (χ0v) is 15.9. The van der Waals surface area contributed by atoms with Crippen molar-refractivity contribution in [1.29, 1.82) is 0 Å². The maximum Gasteiger partial charge on any atom is 0.255 e. The number of carbonyl (C=O) groups excluding carboxylic acids is 2. The van der Waals surface area contributed by atoms with Crippen molar-refractivity contribution in [3.05, 3.63) is 71.0 Å². The number of carbonyl (C=O) groups is 2. The van der Waals surface area contributed by atoms with E-state index >= 15 is 0 Å². The van der Waals surface area contributed by atoms with Gasteiger partial charge in [-0.05, 0) is 42.2 Å². The summed E-state index contributed by atoms with van der Waals surface area (Å²) in [4.78, 5) is 29.8. The van der Waals surface area contributed by atoms with Gasteiger partial charge in [-0.1, -0.05) is 43.2 Å². The summed E-state index contributed by atoms with van der Waals surface area (Å²) in [7, 11) is 0. The molecule has 1 atom stereocenters. The van der Waals surface area contributed by atoms with E-state index in [4.69, 9.17) is 0 Å². The first kappa shape index (κ1) is 18.7. The lowest BCUT2D eigenvalue weighted by Gasteiger charge is -2.30. The SMILES string of the molecule is O=C(C[C@H](c1ccc(F)cc1)N1Cc2ccccc2C1=O)N1CCCCCC1. The summed E-state index contributed by atoms with van der Waals surface area (Å²) in [5.74, 6) is -0.314. The zero-order valence-electron chi connectivity index (χ0n) is 15.9. The smallest absolute Gasteiger partial charge is 0.255 e. The Hall–Kier alpha value is -2.69. The van der Waals surface area contributed by atoms with Crippen LogP contribution in [0.25, 0.3) is 0 Å². The highest BCUT2D eigenvalue weighted by Crippen LogP contribution is 2.34. The second-order valence-corrected chi connectivity index (χ2v) is 7.66. The van der Waals surface area contributed by atoms with E-state index in [1.165, 1.54) is 12.1 Å². The van der Waals surface area contributed by atoms with Gasteiger partial charge in [-0.25, -0.2) is 4.39 Å². The minimum atomic E-state index is -0.392. The minimum Gasteiger partial charge on any atom is -0.343 e. The molecule has 0 aliphatic carbocycles. The highest BCUT2D eigenvalue weighted by molar-refractivity contribution is 5.98. The molecule has 0 aromatic heterocycles. The van der Waals surface area contributed by atoms with Crippen molar-refractivity contribution in [3.63, 3.8) is 0 Å². The van der Waals surface area contributed by atoms with Crippen LogP contribution in [-0.2, 0) is 11.3 Å². The van der Waals surface area contributed by atoms with E-state index in [0.29, 0.717) is 12.1 Å². The summed E-state index contributed by atoms with van der Waals surface area (Å²) in [6.07, 6.45) is 4.60. The molecule has 0 spiro atoms. The number of hydrogen-bond acceptors (Lipinski definition) is 2. The molecule has 0 saturated carbocycles. The van der Waals surface area contributed by atoms with Crippen LogP contribution >= 0.6 is 0 Å². The van der Waals surface area contributed by atoms with Gasteiger partial charge in [-0.15, -0.1) is 0 Å². The molecule has 1 fully saturated rings. The van der Waals surface area contributed by atoms with E-state index in [1.54, 1.807) is 17.0 Å². The van der Waals surface area contributed by atoms with Crippen LogP contribution in [0.5, 0.6) is 0 Å². The van der Waals surface area contributed by atoms with Crippen LogP contribution in [0, 0.1) is 5.82 Å². The Bertz CT molecular complexity index is 857. The molecule has 2 aliphatic heterocycles. The van der Waals surface area contributed by atoms with E-state index in [-0.39, 0.29) is 24.1 Å². The fourth-order valence-corrected chi connectivity index (χ4v) is 4.24. The molecule has 2 aliphatic rings. The molecule has 2 aromatic rings. The zero-order chi connectivity index (χ0) is 19.5. The highest BCUT2D eigenvalue weighted by Gasteiger charge is 2.35. The maximum atomic E-state index is 13.5. The number of hydrogen-bond donors (Lipinski definition) is 0. The number of amides is 2. The third kappa shape index (κ3) is 3.79. The van der Waals surface area contributed by atoms with E-state index in [0.717, 1.165) is 49.9 Å². The molecule has 1 saturated heterocycles. The molecular formula is C23H25FN2O2. The van der Waals surface area contributed by atoms with Crippen LogP contribution in [0.15, 0.2) is 48.5 Å². The molecule has 5 heteroatoms. The van der Waals surface area contributed by atoms with Crippen LogP contribution in [0.2, 0.25) is 0 Å². The summed E-state index contributed by atoms with van der Waals surface area (Å²) in [6.45, 7) is 2.04. The number of nitrogens with zero attached hydrogens (tertiary/aromatic N) is 2. The van der Waals surface area contributed by atoms with Gasteiger partial charge in [0.1, 0.15) is 5.82 Å². The maximum absolute atomic E-state index is 13.5. The van der Waals surface area contributed by atoms with Crippen LogP contribution in [0.4, 0.5) is 4.39 Å². The van der Waals surface area contributed by atoms with E-state index in [2.05, 4.69) is 0 Å². The summed E-state index contributed by atoms with van der Waals surface area (Å²) in [6, 6.07) is 13.3. The molecule has 0 N–H and O–H groups in total. The van der Waals surface area contributed by atoms with Crippen molar-refractivity contribution in [3.8, 4) is 0 Å². The molecule has 0 unspecified atom stereocenters. The van der Waals surface area contributed by atoms with Gasteiger partial charge >= 0.3 is 0 Å². The molecule has 0 radical (unpaired) electrons. The molecule has 2 amide bonds. The minimum absolute atomic E-state index is 0.0615. The quantitative estimate of drug-likeness (QED) is 0.793. The molecule has 146 valence electrons. The van der Waals surface area contributed by atoms with Crippen molar-refractivity contribution < 1.29 is 14.0 Å². The summed E-state index contributed by atoms with van der Waals surface area (Å²) in [5.41, 5.74) is 2.46. The predicted octanol–water partition coefficient (Wildman–Crippen LogP) is 4.32. The third-order valence-corrected chi connectivity index (χ3v) is 5.81. The highest BCUT2D eigenvalue weighted by atomic mass is 19.1. The summed E-state index contributed by atoms with van der Waals surface area (Å²) >= 11 is 0. The molecular weight excluding hydrogens is 355 g/mol. The Morgan fingerprint density at radius 1 is 0.964 bits per heavy atom. The van der Waals surface area contributed by atoms with E-state index in [9.17, 15) is 14.0 Å². The van der Waals surface area contributed by atoms with Gasteiger partial charge in [0.2, 0.25) is 5.91 Å². The second-order valence-electron chi connectivity index (χ2n) is 7.66. The molecule has 0 bridgehead atoms. The fraction of sp³-hybridized carbons (Fsp3) is 0.391. The lowest BCUT2D eigenvalue weighted by Crippen LogP contribution is -2.37. The first-order valence-electron chi connectivity index (χ1n) is 10.1. The normalized spacial score (nSPS) is 18.0. The van der Waals surface area contributed by atoms with Gasteiger partial charge in [0.05, 0.1) is 12.5 Å². The van der Waals surface area contributed by atoms with Crippen molar-refractivity contribution in [2.75, 3.05) is 13.1 Å². The van der Waals surface area contributed by atoms with Crippen LogP contribution in [0.3, 0.4) is 0 Å². The monoisotopic (exact) mass is 380 g/mol. The Morgan fingerprint density at radius 2 is 1.64 bits per heavy atom. The van der Waals surface area contributed by atoms with E-state index < -0.39 is 6.04 Å². The van der Waals surface area contributed by atoms with Gasteiger partial charge in [-0.2, -0.15) is 0 Å². The molecule has 28 heavy (non-hydrogen) atoms. The van der Waals surface area contributed by atoms with Crippen LogP contribution in [0.1, 0.15) is 59.6 Å². The molecule has 2 aromatic carbocycles. The van der Waals surface area contributed by atoms with Crippen molar-refractivity contribution >= 4 is 11.8 Å². The number of rotatable bonds is 4. The molecule has 4 rings (SSSR count). The van der Waals surface area contributed by atoms with Crippen LogP contribution < -0.4 is 0 Å². The topological polar surface area (TPSA) is 40.6 Å². The second kappa shape index (κ2) is 8.13.